The maximum atomic E-state index is 12.5. The van der Waals surface area contributed by atoms with Gasteiger partial charge in [-0.1, -0.05) is 37.0 Å². The number of anilines is 1. The van der Waals surface area contributed by atoms with Crippen LogP contribution < -0.4 is 11.1 Å². The predicted octanol–water partition coefficient (Wildman–Crippen LogP) is 3.20. The molecule has 0 bridgehead atoms. The van der Waals surface area contributed by atoms with E-state index in [1.807, 2.05) is 0 Å². The summed E-state index contributed by atoms with van der Waals surface area (Å²) in [6.45, 7) is 4.22. The number of nitrogens with zero attached hydrogens (tertiary/aromatic N) is 1. The zero-order valence-corrected chi connectivity index (χ0v) is 12.9. The summed E-state index contributed by atoms with van der Waals surface area (Å²) < 4.78 is 0. The second-order valence-corrected chi connectivity index (χ2v) is 6.51. The van der Waals surface area contributed by atoms with Crippen LogP contribution in [0.2, 0.25) is 5.02 Å². The van der Waals surface area contributed by atoms with Crippen LogP contribution in [0.3, 0.4) is 0 Å². The molecule has 1 amide bonds. The van der Waals surface area contributed by atoms with Crippen LogP contribution in [0, 0.1) is 11.3 Å². The Morgan fingerprint density at radius 1 is 1.52 bits per heavy atom. The standard InChI is InChI=1S/C15H20ClN3O2/c1-15(2)7-3-4-10(15)14(20)18-12-8-9(13(17)19-21)5-6-11(12)16/h5-6,8,10,21H,3-4,7H2,1-2H3,(H2,17,19)(H,18,20). The molecule has 5 nitrogen and oxygen atoms in total. The van der Waals surface area contributed by atoms with E-state index in [4.69, 9.17) is 22.5 Å². The number of nitrogens with one attached hydrogen (secondary N) is 1. The van der Waals surface area contributed by atoms with Gasteiger partial charge in [-0.05, 0) is 36.5 Å². The Bertz CT molecular complexity index is 584. The number of benzene rings is 1. The first-order valence-electron chi connectivity index (χ1n) is 6.93. The van der Waals surface area contributed by atoms with Crippen LogP contribution in [0.15, 0.2) is 23.4 Å². The molecule has 1 fully saturated rings. The van der Waals surface area contributed by atoms with Crippen molar-refractivity contribution in [1.82, 2.24) is 0 Å². The van der Waals surface area contributed by atoms with Crippen LogP contribution in [0.5, 0.6) is 0 Å². The van der Waals surface area contributed by atoms with Crippen LogP contribution in [-0.2, 0) is 4.79 Å². The highest BCUT2D eigenvalue weighted by Gasteiger charge is 2.39. The fourth-order valence-electron chi connectivity index (χ4n) is 2.87. The number of rotatable bonds is 3. The van der Waals surface area contributed by atoms with Crippen molar-refractivity contribution in [2.24, 2.45) is 22.2 Å². The Labute approximate surface area is 129 Å². The normalized spacial score (nSPS) is 21.3. The molecule has 114 valence electrons. The monoisotopic (exact) mass is 309 g/mol. The molecule has 1 unspecified atom stereocenters. The number of halogens is 1. The van der Waals surface area contributed by atoms with Crippen molar-refractivity contribution in [3.8, 4) is 0 Å². The van der Waals surface area contributed by atoms with E-state index >= 15 is 0 Å². The number of amides is 1. The van der Waals surface area contributed by atoms with Gasteiger partial charge in [-0.3, -0.25) is 4.79 Å². The van der Waals surface area contributed by atoms with Gasteiger partial charge in [0.05, 0.1) is 10.7 Å². The molecule has 0 heterocycles. The summed E-state index contributed by atoms with van der Waals surface area (Å²) in [5.41, 5.74) is 6.54. The van der Waals surface area contributed by atoms with Crippen LogP contribution >= 0.6 is 11.6 Å². The van der Waals surface area contributed by atoms with Gasteiger partial charge in [0.2, 0.25) is 5.91 Å². The average Bonchev–Trinajstić information content (AvgIpc) is 2.80. The average molecular weight is 310 g/mol. The van der Waals surface area contributed by atoms with E-state index in [1.165, 1.54) is 0 Å². The first-order chi connectivity index (χ1) is 9.85. The number of carbonyl (C=O) groups is 1. The third-order valence-corrected chi connectivity index (χ3v) is 4.53. The van der Waals surface area contributed by atoms with Crippen LogP contribution in [0.25, 0.3) is 0 Å². The molecule has 0 saturated heterocycles. The third kappa shape index (κ3) is 3.29. The van der Waals surface area contributed by atoms with Gasteiger partial charge < -0.3 is 16.3 Å². The summed E-state index contributed by atoms with van der Waals surface area (Å²) in [7, 11) is 0. The van der Waals surface area contributed by atoms with Crippen LogP contribution in [-0.4, -0.2) is 17.0 Å². The predicted molar refractivity (Wildman–Crippen MR) is 83.7 cm³/mol. The highest BCUT2D eigenvalue weighted by molar-refractivity contribution is 6.34. The van der Waals surface area contributed by atoms with Gasteiger partial charge in [-0.25, -0.2) is 0 Å². The maximum Gasteiger partial charge on any atom is 0.228 e. The smallest absolute Gasteiger partial charge is 0.228 e. The molecule has 21 heavy (non-hydrogen) atoms. The summed E-state index contributed by atoms with van der Waals surface area (Å²) >= 11 is 6.11. The van der Waals surface area contributed by atoms with Crippen molar-refractivity contribution >= 4 is 29.0 Å². The SMILES string of the molecule is CC1(C)CCCC1C(=O)Nc1cc(/C(N)=N/O)ccc1Cl. The minimum absolute atomic E-state index is 0.000244. The summed E-state index contributed by atoms with van der Waals surface area (Å²) in [4.78, 5) is 12.5. The van der Waals surface area contributed by atoms with Gasteiger partial charge in [0, 0.05) is 11.5 Å². The van der Waals surface area contributed by atoms with E-state index in [2.05, 4.69) is 24.3 Å². The molecule has 6 heteroatoms. The Morgan fingerprint density at radius 2 is 2.24 bits per heavy atom. The van der Waals surface area contributed by atoms with Gasteiger partial charge in [-0.2, -0.15) is 0 Å². The molecule has 1 atom stereocenters. The highest BCUT2D eigenvalue weighted by atomic mass is 35.5. The number of hydrogen-bond donors (Lipinski definition) is 3. The topological polar surface area (TPSA) is 87.7 Å². The number of amidine groups is 1. The lowest BCUT2D eigenvalue weighted by molar-refractivity contribution is -0.122. The van der Waals surface area contributed by atoms with E-state index in [0.717, 1.165) is 19.3 Å². The van der Waals surface area contributed by atoms with Gasteiger partial charge in [0.15, 0.2) is 5.84 Å². The summed E-state index contributed by atoms with van der Waals surface area (Å²) in [6, 6.07) is 4.86. The van der Waals surface area contributed by atoms with Crippen molar-refractivity contribution < 1.29 is 10.0 Å². The van der Waals surface area contributed by atoms with Gasteiger partial charge in [0.25, 0.3) is 0 Å². The van der Waals surface area contributed by atoms with E-state index in [1.54, 1.807) is 18.2 Å². The quantitative estimate of drug-likeness (QED) is 0.347. The Kier molecular flexibility index (Phi) is 4.42. The number of carbonyl (C=O) groups excluding carboxylic acids is 1. The second-order valence-electron chi connectivity index (χ2n) is 6.10. The molecule has 1 aliphatic carbocycles. The summed E-state index contributed by atoms with van der Waals surface area (Å²) in [6.07, 6.45) is 2.99. The largest absolute Gasteiger partial charge is 0.409 e. The van der Waals surface area contributed by atoms with Gasteiger partial charge in [0.1, 0.15) is 0 Å². The lowest BCUT2D eigenvalue weighted by Gasteiger charge is -2.26. The molecule has 1 aromatic rings. The van der Waals surface area contributed by atoms with Gasteiger partial charge >= 0.3 is 0 Å². The Balaban J connectivity index is 2.21. The van der Waals surface area contributed by atoms with Crippen molar-refractivity contribution in [3.05, 3.63) is 28.8 Å². The highest BCUT2D eigenvalue weighted by Crippen LogP contribution is 2.43. The Morgan fingerprint density at radius 3 is 2.81 bits per heavy atom. The molecule has 0 aliphatic heterocycles. The fraction of sp³-hybridized carbons (Fsp3) is 0.467. The minimum atomic E-state index is -0.0314. The molecular weight excluding hydrogens is 290 g/mol. The zero-order valence-electron chi connectivity index (χ0n) is 12.2. The fourth-order valence-corrected chi connectivity index (χ4v) is 3.04. The van der Waals surface area contributed by atoms with Crippen LogP contribution in [0.4, 0.5) is 5.69 Å². The zero-order chi connectivity index (χ0) is 15.6. The number of hydrogen-bond acceptors (Lipinski definition) is 3. The first-order valence-corrected chi connectivity index (χ1v) is 7.31. The van der Waals surface area contributed by atoms with E-state index < -0.39 is 0 Å². The minimum Gasteiger partial charge on any atom is -0.409 e. The van der Waals surface area contributed by atoms with Crippen molar-refractivity contribution in [3.63, 3.8) is 0 Å². The third-order valence-electron chi connectivity index (χ3n) is 4.20. The molecule has 2 rings (SSSR count). The van der Waals surface area contributed by atoms with Crippen molar-refractivity contribution in [2.45, 2.75) is 33.1 Å². The molecule has 0 spiro atoms. The van der Waals surface area contributed by atoms with E-state index in [0.29, 0.717) is 16.3 Å². The lowest BCUT2D eigenvalue weighted by atomic mass is 9.81. The first kappa shape index (κ1) is 15.6. The molecule has 1 aliphatic rings. The van der Waals surface area contributed by atoms with Crippen LogP contribution in [0.1, 0.15) is 38.7 Å². The molecular formula is C15H20ClN3O2. The molecule has 0 radical (unpaired) electrons. The van der Waals surface area contributed by atoms with E-state index in [-0.39, 0.29) is 23.1 Å². The van der Waals surface area contributed by atoms with Crippen molar-refractivity contribution in [1.29, 1.82) is 0 Å². The number of nitrogens with two attached hydrogens (primary N) is 1. The Hall–Kier alpha value is -1.75. The maximum absolute atomic E-state index is 12.5. The van der Waals surface area contributed by atoms with E-state index in [9.17, 15) is 4.79 Å². The number of oxime groups is 1. The molecule has 1 aromatic carbocycles. The molecule has 0 aromatic heterocycles. The lowest BCUT2D eigenvalue weighted by Crippen LogP contribution is -2.31. The second kappa shape index (κ2) is 5.93. The summed E-state index contributed by atoms with van der Waals surface area (Å²) in [5, 5.41) is 15.0. The summed E-state index contributed by atoms with van der Waals surface area (Å²) in [5.74, 6) is -0.0829. The molecule has 1 saturated carbocycles. The van der Waals surface area contributed by atoms with Gasteiger partial charge in [-0.15, -0.1) is 0 Å². The molecule has 4 N–H and O–H groups in total. The van der Waals surface area contributed by atoms with Crippen molar-refractivity contribution in [2.75, 3.05) is 5.32 Å².